The van der Waals surface area contributed by atoms with Crippen LogP contribution in [0.3, 0.4) is 0 Å². The van der Waals surface area contributed by atoms with Gasteiger partial charge in [-0.05, 0) is 33.0 Å². The lowest BCUT2D eigenvalue weighted by Gasteiger charge is -1.96. The molecule has 1 aliphatic rings. The van der Waals surface area contributed by atoms with Crippen LogP contribution in [0.25, 0.3) is 12.4 Å². The third-order valence-electron chi connectivity index (χ3n) is 3.06. The molecule has 1 amide bonds. The first kappa shape index (κ1) is 10.6. The zero-order chi connectivity index (χ0) is 12.5. The van der Waals surface area contributed by atoms with E-state index in [2.05, 4.69) is 11.4 Å². The van der Waals surface area contributed by atoms with Gasteiger partial charge in [-0.3, -0.25) is 4.79 Å². The Hall–Kier alpha value is -2.55. The average molecular weight is 236 g/mol. The molecule has 0 unspecified atom stereocenters. The Morgan fingerprint density at radius 1 is 0.944 bits per heavy atom. The first-order valence-electron chi connectivity index (χ1n) is 5.71. The summed E-state index contributed by atoms with van der Waals surface area (Å²) in [5, 5.41) is 7.45. The molecular formula is C15H12N2O. The third-order valence-corrected chi connectivity index (χ3v) is 3.06. The van der Waals surface area contributed by atoms with Crippen molar-refractivity contribution in [1.82, 2.24) is 5.32 Å². The Balaban J connectivity index is 2.53. The van der Waals surface area contributed by atoms with Crippen molar-refractivity contribution in [3.05, 3.63) is 68.9 Å². The standard InChI is InChI=1S/C15H12N2O/c16-15(18)10-5-6-14-12(7-10)9-17-8-11-3-1-2-4-13(11)14/h1-9,17H,(H2,16,18). The van der Waals surface area contributed by atoms with E-state index in [-0.39, 0.29) is 0 Å². The highest BCUT2D eigenvalue weighted by atomic mass is 16.1. The summed E-state index contributed by atoms with van der Waals surface area (Å²) in [7, 11) is 0. The number of nitrogens with two attached hydrogens (primary N) is 1. The van der Waals surface area contributed by atoms with Crippen LogP contribution >= 0.6 is 0 Å². The van der Waals surface area contributed by atoms with Crippen LogP contribution in [0.15, 0.2) is 42.5 Å². The van der Waals surface area contributed by atoms with Crippen LogP contribution in [0.2, 0.25) is 0 Å². The molecule has 0 aromatic heterocycles. The molecule has 88 valence electrons. The maximum atomic E-state index is 11.2. The van der Waals surface area contributed by atoms with Crippen molar-refractivity contribution < 1.29 is 4.79 Å². The highest BCUT2D eigenvalue weighted by Gasteiger charge is 2.00. The van der Waals surface area contributed by atoms with Gasteiger partial charge in [0.05, 0.1) is 0 Å². The number of benzene rings is 2. The molecule has 3 N–H and O–H groups in total. The van der Waals surface area contributed by atoms with Crippen LogP contribution in [0.5, 0.6) is 0 Å². The molecule has 3 nitrogen and oxygen atoms in total. The molecule has 0 saturated carbocycles. The molecule has 0 aliphatic carbocycles. The van der Waals surface area contributed by atoms with Crippen molar-refractivity contribution in [2.45, 2.75) is 0 Å². The first-order chi connectivity index (χ1) is 8.75. The molecule has 3 heteroatoms. The molecule has 2 aromatic carbocycles. The summed E-state index contributed by atoms with van der Waals surface area (Å²) in [4.78, 5) is 11.2. The second-order valence-corrected chi connectivity index (χ2v) is 4.21. The monoisotopic (exact) mass is 236 g/mol. The van der Waals surface area contributed by atoms with E-state index in [1.165, 1.54) is 0 Å². The van der Waals surface area contributed by atoms with Gasteiger partial charge in [-0.2, -0.15) is 0 Å². The molecular weight excluding hydrogens is 224 g/mol. The lowest BCUT2D eigenvalue weighted by molar-refractivity contribution is 0.1000. The van der Waals surface area contributed by atoms with Gasteiger partial charge >= 0.3 is 0 Å². The van der Waals surface area contributed by atoms with Crippen LogP contribution in [0.1, 0.15) is 10.4 Å². The van der Waals surface area contributed by atoms with E-state index >= 15 is 0 Å². The van der Waals surface area contributed by atoms with Gasteiger partial charge in [0.2, 0.25) is 5.91 Å². The Labute approximate surface area is 104 Å². The van der Waals surface area contributed by atoms with Crippen molar-refractivity contribution in [2.75, 3.05) is 0 Å². The van der Waals surface area contributed by atoms with Crippen molar-refractivity contribution >= 4 is 18.3 Å². The summed E-state index contributed by atoms with van der Waals surface area (Å²) in [5.41, 5.74) is 5.82. The minimum Gasteiger partial charge on any atom is -0.366 e. The summed E-state index contributed by atoms with van der Waals surface area (Å²) in [6.07, 6.45) is 3.82. The maximum absolute atomic E-state index is 11.2. The van der Waals surface area contributed by atoms with E-state index in [9.17, 15) is 4.79 Å². The van der Waals surface area contributed by atoms with Gasteiger partial charge in [0.25, 0.3) is 0 Å². The molecule has 3 rings (SSSR count). The molecule has 18 heavy (non-hydrogen) atoms. The van der Waals surface area contributed by atoms with Crippen molar-refractivity contribution in [3.63, 3.8) is 0 Å². The maximum Gasteiger partial charge on any atom is 0.248 e. The van der Waals surface area contributed by atoms with Gasteiger partial charge in [0.15, 0.2) is 0 Å². The Morgan fingerprint density at radius 3 is 2.50 bits per heavy atom. The van der Waals surface area contributed by atoms with Crippen molar-refractivity contribution in [2.24, 2.45) is 5.73 Å². The zero-order valence-corrected chi connectivity index (χ0v) is 9.68. The molecule has 0 saturated heterocycles. The van der Waals surface area contributed by atoms with Crippen LogP contribution < -0.4 is 21.5 Å². The lowest BCUT2D eigenvalue weighted by atomic mass is 10.1. The summed E-state index contributed by atoms with van der Waals surface area (Å²) >= 11 is 0. The Bertz CT molecular complexity index is 838. The number of hydrogen-bond donors (Lipinski definition) is 2. The topological polar surface area (TPSA) is 55.1 Å². The predicted molar refractivity (Wildman–Crippen MR) is 70.4 cm³/mol. The number of rotatable bonds is 1. The zero-order valence-electron chi connectivity index (χ0n) is 9.68. The third kappa shape index (κ3) is 1.66. The van der Waals surface area contributed by atoms with Crippen LogP contribution in [0.4, 0.5) is 0 Å². The predicted octanol–water partition coefficient (Wildman–Crippen LogP) is 0.152. The van der Waals surface area contributed by atoms with Gasteiger partial charge < -0.3 is 11.1 Å². The normalized spacial score (nSPS) is 12.0. The number of fused-ring (bicyclic) bond motifs is 2. The number of amides is 1. The van der Waals surface area contributed by atoms with E-state index in [4.69, 9.17) is 5.73 Å². The van der Waals surface area contributed by atoms with E-state index < -0.39 is 5.91 Å². The summed E-state index contributed by atoms with van der Waals surface area (Å²) in [6.45, 7) is 0. The largest absolute Gasteiger partial charge is 0.366 e. The summed E-state index contributed by atoms with van der Waals surface area (Å²) in [5.74, 6) is -0.410. The lowest BCUT2D eigenvalue weighted by Crippen LogP contribution is -2.16. The van der Waals surface area contributed by atoms with Crippen LogP contribution in [-0.2, 0) is 0 Å². The van der Waals surface area contributed by atoms with Gasteiger partial charge in [0.1, 0.15) is 0 Å². The molecule has 0 atom stereocenters. The number of hydrogen-bond acceptors (Lipinski definition) is 2. The number of nitrogens with one attached hydrogen (secondary N) is 1. The fraction of sp³-hybridized carbons (Fsp3) is 0. The molecule has 0 spiro atoms. The molecule has 1 aliphatic heterocycles. The summed E-state index contributed by atoms with van der Waals surface area (Å²) < 4.78 is 0. The summed E-state index contributed by atoms with van der Waals surface area (Å²) in [6, 6.07) is 13.6. The van der Waals surface area contributed by atoms with E-state index in [1.54, 1.807) is 12.1 Å². The second-order valence-electron chi connectivity index (χ2n) is 4.21. The molecule has 2 aromatic rings. The highest BCUT2D eigenvalue weighted by molar-refractivity contribution is 5.92. The van der Waals surface area contributed by atoms with Crippen LogP contribution in [-0.4, -0.2) is 5.91 Å². The Morgan fingerprint density at radius 2 is 1.67 bits per heavy atom. The first-order valence-corrected chi connectivity index (χ1v) is 5.71. The second kappa shape index (κ2) is 4.04. The van der Waals surface area contributed by atoms with Crippen molar-refractivity contribution in [3.8, 4) is 0 Å². The number of carbonyl (C=O) groups excluding carboxylic acids is 1. The van der Waals surface area contributed by atoms with Gasteiger partial charge in [-0.25, -0.2) is 0 Å². The Kier molecular flexibility index (Phi) is 2.38. The quantitative estimate of drug-likeness (QED) is 0.740. The minimum absolute atomic E-state index is 0.410. The molecule has 0 fully saturated rings. The van der Waals surface area contributed by atoms with Crippen LogP contribution in [0, 0.1) is 10.4 Å². The minimum atomic E-state index is -0.410. The van der Waals surface area contributed by atoms with Crippen molar-refractivity contribution in [1.29, 1.82) is 0 Å². The van der Waals surface area contributed by atoms with Gasteiger partial charge in [-0.15, -0.1) is 0 Å². The fourth-order valence-corrected chi connectivity index (χ4v) is 2.17. The number of carbonyl (C=O) groups is 1. The fourth-order valence-electron chi connectivity index (χ4n) is 2.17. The van der Waals surface area contributed by atoms with E-state index in [0.717, 1.165) is 20.9 Å². The smallest absolute Gasteiger partial charge is 0.248 e. The van der Waals surface area contributed by atoms with E-state index in [1.807, 2.05) is 36.7 Å². The average Bonchev–Trinajstić information content (AvgIpc) is 2.57. The molecule has 1 heterocycles. The van der Waals surface area contributed by atoms with E-state index in [0.29, 0.717) is 5.56 Å². The highest BCUT2D eigenvalue weighted by Crippen LogP contribution is 1.96. The van der Waals surface area contributed by atoms with Gasteiger partial charge in [-0.1, -0.05) is 30.3 Å². The van der Waals surface area contributed by atoms with Gasteiger partial charge in [0, 0.05) is 18.0 Å². The SMILES string of the molecule is NC(=O)c1ccc2c(c1)=CNC=c1ccccc1=2. The number of primary amides is 1. The molecule has 0 radical (unpaired) electrons. The molecule has 0 bridgehead atoms.